The fraction of sp³-hybridized carbons (Fsp3) is 0.500. The molecule has 0 radical (unpaired) electrons. The van der Waals surface area contributed by atoms with Crippen LogP contribution in [-0.4, -0.2) is 40.3 Å². The van der Waals surface area contributed by atoms with Crippen LogP contribution in [0.5, 0.6) is 11.5 Å². The van der Waals surface area contributed by atoms with Crippen molar-refractivity contribution >= 4 is 17.6 Å². The monoisotopic (exact) mass is 301 g/mol. The first-order chi connectivity index (χ1) is 9.23. The number of hydrogen-bond donors (Lipinski definition) is 2. The number of rotatable bonds is 6. The van der Waals surface area contributed by atoms with Gasteiger partial charge in [-0.15, -0.1) is 0 Å². The van der Waals surface area contributed by atoms with Crippen LogP contribution < -0.4 is 4.74 Å². The summed E-state index contributed by atoms with van der Waals surface area (Å²) in [5.74, 6) is -0.666. The summed E-state index contributed by atoms with van der Waals surface area (Å²) in [7, 11) is 1.44. The van der Waals surface area contributed by atoms with Gasteiger partial charge in [0.1, 0.15) is 5.54 Å². The molecule has 0 aromatic heterocycles. The predicted octanol–water partition coefficient (Wildman–Crippen LogP) is 2.74. The number of aromatic hydroxyl groups is 1. The Morgan fingerprint density at radius 2 is 2.05 bits per heavy atom. The van der Waals surface area contributed by atoms with Crippen LogP contribution in [0.25, 0.3) is 0 Å². The SMILES string of the molecule is CCN(Cc1cc(Cl)cc(OC)c1O)C(C)(C)C(=O)O. The van der Waals surface area contributed by atoms with Crippen molar-refractivity contribution in [3.63, 3.8) is 0 Å². The molecule has 0 saturated heterocycles. The minimum absolute atomic E-state index is 0.0171. The third-order valence-corrected chi connectivity index (χ3v) is 3.61. The van der Waals surface area contributed by atoms with E-state index in [9.17, 15) is 15.0 Å². The van der Waals surface area contributed by atoms with Gasteiger partial charge in [-0.3, -0.25) is 9.69 Å². The molecule has 0 atom stereocenters. The summed E-state index contributed by atoms with van der Waals surface area (Å²) in [5.41, 5.74) is -0.512. The van der Waals surface area contributed by atoms with Crippen LogP contribution in [0, 0.1) is 0 Å². The molecule has 1 aromatic carbocycles. The van der Waals surface area contributed by atoms with E-state index in [1.165, 1.54) is 13.2 Å². The summed E-state index contributed by atoms with van der Waals surface area (Å²) >= 11 is 5.98. The number of halogens is 1. The molecular formula is C14H20ClNO4. The van der Waals surface area contributed by atoms with Gasteiger partial charge < -0.3 is 14.9 Å². The first kappa shape index (κ1) is 16.6. The number of carbonyl (C=O) groups is 1. The van der Waals surface area contributed by atoms with Crippen molar-refractivity contribution < 1.29 is 19.7 Å². The van der Waals surface area contributed by atoms with Crippen molar-refractivity contribution in [1.29, 1.82) is 0 Å². The lowest BCUT2D eigenvalue weighted by molar-refractivity contribution is -0.149. The molecule has 6 heteroatoms. The minimum atomic E-state index is -1.04. The van der Waals surface area contributed by atoms with Crippen molar-refractivity contribution in [2.45, 2.75) is 32.9 Å². The lowest BCUT2D eigenvalue weighted by Crippen LogP contribution is -2.49. The first-order valence-corrected chi connectivity index (χ1v) is 6.65. The van der Waals surface area contributed by atoms with E-state index in [1.54, 1.807) is 24.8 Å². The Hall–Kier alpha value is -1.46. The number of benzene rings is 1. The number of likely N-dealkylation sites (N-methyl/N-ethyl adjacent to an activating group) is 1. The highest BCUT2D eigenvalue weighted by molar-refractivity contribution is 6.30. The summed E-state index contributed by atoms with van der Waals surface area (Å²) in [4.78, 5) is 13.1. The van der Waals surface area contributed by atoms with Gasteiger partial charge in [0.2, 0.25) is 0 Å². The number of aliphatic carboxylic acids is 1. The molecule has 0 unspecified atom stereocenters. The van der Waals surface area contributed by atoms with Crippen LogP contribution in [0.3, 0.4) is 0 Å². The number of nitrogens with zero attached hydrogens (tertiary/aromatic N) is 1. The summed E-state index contributed by atoms with van der Waals surface area (Å²) in [6.45, 7) is 5.89. The van der Waals surface area contributed by atoms with E-state index in [0.717, 1.165) is 0 Å². The number of carboxylic acids is 1. The minimum Gasteiger partial charge on any atom is -0.504 e. The van der Waals surface area contributed by atoms with Gasteiger partial charge >= 0.3 is 5.97 Å². The Kier molecular flexibility index (Phi) is 5.25. The molecule has 5 nitrogen and oxygen atoms in total. The van der Waals surface area contributed by atoms with E-state index in [0.29, 0.717) is 17.1 Å². The Balaban J connectivity index is 3.14. The zero-order chi connectivity index (χ0) is 15.5. The fourth-order valence-electron chi connectivity index (χ4n) is 1.95. The van der Waals surface area contributed by atoms with E-state index in [-0.39, 0.29) is 18.0 Å². The number of methoxy groups -OCH3 is 1. The quantitative estimate of drug-likeness (QED) is 0.845. The molecular weight excluding hydrogens is 282 g/mol. The van der Waals surface area contributed by atoms with Crippen molar-refractivity contribution in [1.82, 2.24) is 4.90 Å². The molecule has 0 aliphatic heterocycles. The maximum Gasteiger partial charge on any atom is 0.323 e. The first-order valence-electron chi connectivity index (χ1n) is 6.27. The maximum atomic E-state index is 11.3. The molecule has 1 aromatic rings. The van der Waals surface area contributed by atoms with Gasteiger partial charge in [-0.1, -0.05) is 18.5 Å². The van der Waals surface area contributed by atoms with Gasteiger partial charge in [0.05, 0.1) is 7.11 Å². The van der Waals surface area contributed by atoms with E-state index >= 15 is 0 Å². The van der Waals surface area contributed by atoms with Crippen LogP contribution in [0.2, 0.25) is 5.02 Å². The largest absolute Gasteiger partial charge is 0.504 e. The molecule has 0 aliphatic carbocycles. The van der Waals surface area contributed by atoms with Crippen LogP contribution in [0.15, 0.2) is 12.1 Å². The van der Waals surface area contributed by atoms with E-state index < -0.39 is 11.5 Å². The summed E-state index contributed by atoms with van der Waals surface area (Å²) in [6, 6.07) is 3.12. The molecule has 20 heavy (non-hydrogen) atoms. The second kappa shape index (κ2) is 6.33. The number of ether oxygens (including phenoxy) is 1. The van der Waals surface area contributed by atoms with Gasteiger partial charge in [0, 0.05) is 23.2 Å². The van der Waals surface area contributed by atoms with Gasteiger partial charge in [-0.25, -0.2) is 0 Å². The lowest BCUT2D eigenvalue weighted by atomic mass is 10.0. The maximum absolute atomic E-state index is 11.3. The highest BCUT2D eigenvalue weighted by atomic mass is 35.5. The molecule has 1 rings (SSSR count). The normalized spacial score (nSPS) is 11.7. The molecule has 0 aliphatic rings. The molecule has 0 bridgehead atoms. The molecule has 0 amide bonds. The third-order valence-electron chi connectivity index (χ3n) is 3.40. The Labute approximate surface area is 123 Å². The Bertz CT molecular complexity index is 502. The standard InChI is InChI=1S/C14H20ClNO4/c1-5-16(14(2,3)13(18)19)8-9-6-10(15)7-11(20-4)12(9)17/h6-7,17H,5,8H2,1-4H3,(H,18,19). The second-order valence-corrected chi connectivity index (χ2v) is 5.43. The van der Waals surface area contributed by atoms with Gasteiger partial charge in [-0.2, -0.15) is 0 Å². The van der Waals surface area contributed by atoms with Crippen LogP contribution in [0.1, 0.15) is 26.3 Å². The molecule has 0 saturated carbocycles. The summed E-state index contributed by atoms with van der Waals surface area (Å²) in [6.07, 6.45) is 0. The van der Waals surface area contributed by atoms with Crippen molar-refractivity contribution in [2.24, 2.45) is 0 Å². The third kappa shape index (κ3) is 3.35. The zero-order valence-electron chi connectivity index (χ0n) is 12.1. The topological polar surface area (TPSA) is 70.0 Å². The van der Waals surface area contributed by atoms with E-state index in [2.05, 4.69) is 0 Å². The smallest absolute Gasteiger partial charge is 0.323 e. The lowest BCUT2D eigenvalue weighted by Gasteiger charge is -2.34. The van der Waals surface area contributed by atoms with Crippen molar-refractivity contribution in [3.8, 4) is 11.5 Å². The Morgan fingerprint density at radius 3 is 2.50 bits per heavy atom. The molecule has 0 fully saturated rings. The van der Waals surface area contributed by atoms with Crippen LogP contribution >= 0.6 is 11.6 Å². The van der Waals surface area contributed by atoms with E-state index in [1.807, 2.05) is 6.92 Å². The highest BCUT2D eigenvalue weighted by Gasteiger charge is 2.34. The summed E-state index contributed by atoms with van der Waals surface area (Å²) in [5, 5.41) is 19.8. The van der Waals surface area contributed by atoms with Gasteiger partial charge in [0.25, 0.3) is 0 Å². The van der Waals surface area contributed by atoms with E-state index in [4.69, 9.17) is 16.3 Å². The Morgan fingerprint density at radius 1 is 1.45 bits per heavy atom. The highest BCUT2D eigenvalue weighted by Crippen LogP contribution is 2.35. The average Bonchev–Trinajstić information content (AvgIpc) is 2.38. The number of hydrogen-bond acceptors (Lipinski definition) is 4. The van der Waals surface area contributed by atoms with Crippen LogP contribution in [0.4, 0.5) is 0 Å². The van der Waals surface area contributed by atoms with Crippen LogP contribution in [-0.2, 0) is 11.3 Å². The van der Waals surface area contributed by atoms with Gasteiger partial charge in [0.15, 0.2) is 11.5 Å². The summed E-state index contributed by atoms with van der Waals surface area (Å²) < 4.78 is 5.05. The molecule has 2 N–H and O–H groups in total. The van der Waals surface area contributed by atoms with Gasteiger partial charge in [-0.05, 0) is 26.5 Å². The number of carboxylic acid groups (broad SMARTS) is 1. The molecule has 112 valence electrons. The number of phenolic OH excluding ortho intramolecular Hbond substituents is 1. The second-order valence-electron chi connectivity index (χ2n) is 4.99. The van der Waals surface area contributed by atoms with Crippen molar-refractivity contribution in [3.05, 3.63) is 22.7 Å². The molecule has 0 heterocycles. The average molecular weight is 302 g/mol. The molecule has 0 spiro atoms. The zero-order valence-corrected chi connectivity index (χ0v) is 12.9. The fourth-order valence-corrected chi connectivity index (χ4v) is 2.18. The number of phenols is 1. The predicted molar refractivity (Wildman–Crippen MR) is 77.5 cm³/mol. The van der Waals surface area contributed by atoms with Crippen molar-refractivity contribution in [2.75, 3.05) is 13.7 Å².